The molecule has 58 valence electrons. The third kappa shape index (κ3) is 0.681. The van der Waals surface area contributed by atoms with Crippen molar-refractivity contribution in [2.45, 2.75) is 17.8 Å². The van der Waals surface area contributed by atoms with E-state index >= 15 is 0 Å². The van der Waals surface area contributed by atoms with E-state index < -0.39 is 24.8 Å². The number of alkyl halides is 3. The highest BCUT2D eigenvalue weighted by molar-refractivity contribution is 6.71. The lowest BCUT2D eigenvalue weighted by Crippen LogP contribution is -2.18. The summed E-state index contributed by atoms with van der Waals surface area (Å²) in [5.41, 5.74) is 1.83. The molecule has 1 atom stereocenters. The van der Waals surface area contributed by atoms with Crippen LogP contribution in [0.4, 0.5) is 17.5 Å². The normalized spacial score (nSPS) is 36.3. The van der Waals surface area contributed by atoms with Gasteiger partial charge in [0.2, 0.25) is 0 Å². The van der Waals surface area contributed by atoms with E-state index in [1.54, 1.807) is 0 Å². The Labute approximate surface area is 55.7 Å². The zero-order valence-corrected chi connectivity index (χ0v) is 5.08. The van der Waals surface area contributed by atoms with Gasteiger partial charge in [-0.2, -0.15) is 0 Å². The van der Waals surface area contributed by atoms with Gasteiger partial charge in [0.25, 0.3) is 5.82 Å². The van der Waals surface area contributed by atoms with Gasteiger partial charge >= 0.3 is 6.99 Å². The highest BCUT2D eigenvalue weighted by Gasteiger charge is 2.88. The minimum Gasteiger partial charge on any atom is -0.330 e. The van der Waals surface area contributed by atoms with E-state index in [0.29, 0.717) is 0 Å². The van der Waals surface area contributed by atoms with Crippen LogP contribution >= 0.6 is 0 Å². The molecule has 0 aromatic heterocycles. The molecule has 0 radical (unpaired) electrons. The third-order valence-electron chi connectivity index (χ3n) is 1.70. The SMILES string of the molecule is NCCC1(F)B(F)C1(F)F. The summed E-state index contributed by atoms with van der Waals surface area (Å²) in [7, 11) is 0. The Balaban J connectivity index is 2.59. The Morgan fingerprint density at radius 3 is 1.80 bits per heavy atom. The molecule has 1 aliphatic heterocycles. The molecule has 1 rings (SSSR count). The van der Waals surface area contributed by atoms with Crippen LogP contribution < -0.4 is 5.73 Å². The summed E-state index contributed by atoms with van der Waals surface area (Å²) in [4.78, 5) is 0. The van der Waals surface area contributed by atoms with Gasteiger partial charge in [-0.25, -0.2) is 13.2 Å². The van der Waals surface area contributed by atoms with Crippen molar-refractivity contribution in [2.24, 2.45) is 5.73 Å². The summed E-state index contributed by atoms with van der Waals surface area (Å²) < 4.78 is 48.3. The topological polar surface area (TPSA) is 26.0 Å². The fraction of sp³-hybridized carbons (Fsp3) is 1.00. The van der Waals surface area contributed by atoms with Crippen molar-refractivity contribution in [1.82, 2.24) is 0 Å². The predicted molar refractivity (Wildman–Crippen MR) is 29.3 cm³/mol. The van der Waals surface area contributed by atoms with Crippen molar-refractivity contribution in [3.63, 3.8) is 0 Å². The summed E-state index contributed by atoms with van der Waals surface area (Å²) in [5, 5.41) is 0. The minimum absolute atomic E-state index is 0.257. The zero-order valence-electron chi connectivity index (χ0n) is 5.08. The van der Waals surface area contributed by atoms with Gasteiger partial charge in [-0.05, 0) is 13.0 Å². The molecule has 0 aromatic carbocycles. The molecular weight excluding hydrogens is 149 g/mol. The Kier molecular flexibility index (Phi) is 1.47. The van der Waals surface area contributed by atoms with Crippen molar-refractivity contribution >= 4 is 6.99 Å². The number of hydrogen-bond donors (Lipinski definition) is 1. The van der Waals surface area contributed by atoms with Crippen LogP contribution in [0, 0.1) is 0 Å². The molecule has 1 aliphatic rings. The first-order valence-electron chi connectivity index (χ1n) is 2.87. The molecule has 1 saturated heterocycles. The van der Waals surface area contributed by atoms with Crippen LogP contribution in [-0.4, -0.2) is 24.9 Å². The van der Waals surface area contributed by atoms with E-state index in [4.69, 9.17) is 5.73 Å². The first-order valence-corrected chi connectivity index (χ1v) is 2.87. The van der Waals surface area contributed by atoms with Crippen LogP contribution in [0.1, 0.15) is 6.42 Å². The first kappa shape index (κ1) is 7.85. The van der Waals surface area contributed by atoms with Gasteiger partial charge in [-0.1, -0.05) is 0 Å². The Morgan fingerprint density at radius 2 is 1.70 bits per heavy atom. The fourth-order valence-corrected chi connectivity index (χ4v) is 0.887. The van der Waals surface area contributed by atoms with E-state index in [1.807, 2.05) is 0 Å². The smallest absolute Gasteiger partial charge is 0.330 e. The molecule has 0 amide bonds. The van der Waals surface area contributed by atoms with Crippen molar-refractivity contribution in [1.29, 1.82) is 0 Å². The first-order chi connectivity index (χ1) is 4.47. The molecule has 0 spiro atoms. The molecule has 10 heavy (non-hydrogen) atoms. The second-order valence-electron chi connectivity index (χ2n) is 2.39. The molecule has 2 N–H and O–H groups in total. The standard InChI is InChI=1S/C4H6BF4N/c6-3(1-2-10)4(7,8)5(3)9/h1-2,10H2. The number of hydrogen-bond acceptors (Lipinski definition) is 1. The van der Waals surface area contributed by atoms with E-state index in [-0.39, 0.29) is 6.54 Å². The fourth-order valence-electron chi connectivity index (χ4n) is 0.887. The average Bonchev–Trinajstić information content (AvgIpc) is 2.17. The van der Waals surface area contributed by atoms with Gasteiger partial charge in [0.1, 0.15) is 0 Å². The van der Waals surface area contributed by atoms with Crippen LogP contribution in [0.2, 0.25) is 0 Å². The summed E-state index contributed by atoms with van der Waals surface area (Å²) in [6.45, 7) is -2.91. The lowest BCUT2D eigenvalue weighted by molar-refractivity contribution is 0.0443. The Morgan fingerprint density at radius 1 is 1.30 bits per heavy atom. The van der Waals surface area contributed by atoms with Crippen molar-refractivity contribution in [2.75, 3.05) is 6.54 Å². The van der Waals surface area contributed by atoms with Crippen LogP contribution in [-0.2, 0) is 0 Å². The maximum atomic E-state index is 12.5. The molecule has 0 aliphatic carbocycles. The molecule has 6 heteroatoms. The molecule has 1 unspecified atom stereocenters. The Bertz CT molecular complexity index is 152. The monoisotopic (exact) mass is 155 g/mol. The van der Waals surface area contributed by atoms with E-state index in [9.17, 15) is 17.5 Å². The van der Waals surface area contributed by atoms with Crippen LogP contribution in [0.5, 0.6) is 0 Å². The van der Waals surface area contributed by atoms with Gasteiger partial charge in [-0.15, -0.1) is 0 Å². The highest BCUT2D eigenvalue weighted by Crippen LogP contribution is 2.56. The van der Waals surface area contributed by atoms with Crippen LogP contribution in [0.15, 0.2) is 0 Å². The van der Waals surface area contributed by atoms with Crippen molar-refractivity contribution < 1.29 is 17.5 Å². The second kappa shape index (κ2) is 1.87. The average molecular weight is 155 g/mol. The maximum absolute atomic E-state index is 12.5. The van der Waals surface area contributed by atoms with E-state index in [1.165, 1.54) is 0 Å². The Hall–Kier alpha value is -0.255. The molecule has 1 heterocycles. The zero-order chi connectivity index (χ0) is 7.99. The summed E-state index contributed by atoms with van der Waals surface area (Å²) in [6, 6.07) is 0. The lowest BCUT2D eigenvalue weighted by atomic mass is 9.91. The van der Waals surface area contributed by atoms with Gasteiger partial charge < -0.3 is 10.0 Å². The van der Waals surface area contributed by atoms with Gasteiger partial charge in [0.05, 0.1) is 0 Å². The maximum Gasteiger partial charge on any atom is 0.471 e. The van der Waals surface area contributed by atoms with Gasteiger partial charge in [0, 0.05) is 0 Å². The second-order valence-corrected chi connectivity index (χ2v) is 2.39. The minimum atomic E-state index is -3.80. The highest BCUT2D eigenvalue weighted by atomic mass is 19.3. The van der Waals surface area contributed by atoms with E-state index in [0.717, 1.165) is 0 Å². The molecular formula is C4H6BF4N. The van der Waals surface area contributed by atoms with Gasteiger partial charge in [-0.3, -0.25) is 0 Å². The number of nitrogens with two attached hydrogens (primary N) is 1. The molecule has 0 bridgehead atoms. The lowest BCUT2D eigenvalue weighted by Gasteiger charge is -2.01. The number of halogens is 4. The van der Waals surface area contributed by atoms with Crippen molar-refractivity contribution in [3.8, 4) is 0 Å². The number of rotatable bonds is 2. The van der Waals surface area contributed by atoms with Gasteiger partial charge in [0.15, 0.2) is 5.57 Å². The molecule has 1 nitrogen and oxygen atoms in total. The molecule has 0 aromatic rings. The van der Waals surface area contributed by atoms with E-state index in [2.05, 4.69) is 0 Å². The van der Waals surface area contributed by atoms with Crippen LogP contribution in [0.25, 0.3) is 0 Å². The molecule has 1 fully saturated rings. The summed E-state index contributed by atoms with van der Waals surface area (Å²) >= 11 is 0. The summed E-state index contributed by atoms with van der Waals surface area (Å²) in [6.07, 6.45) is -0.610. The predicted octanol–water partition coefficient (Wildman–Crippen LogP) is 0.732. The molecule has 0 saturated carbocycles. The van der Waals surface area contributed by atoms with Crippen molar-refractivity contribution in [3.05, 3.63) is 0 Å². The largest absolute Gasteiger partial charge is 0.471 e. The quantitative estimate of drug-likeness (QED) is 0.461. The van der Waals surface area contributed by atoms with Crippen LogP contribution in [0.3, 0.4) is 0 Å². The third-order valence-corrected chi connectivity index (χ3v) is 1.70. The summed E-state index contributed by atoms with van der Waals surface area (Å²) in [5.74, 6) is -3.80.